The molecule has 0 fully saturated rings. The van der Waals surface area contributed by atoms with Crippen molar-refractivity contribution in [2.45, 2.75) is 26.9 Å². The molecule has 1 aromatic carbocycles. The van der Waals surface area contributed by atoms with Crippen LogP contribution in [0.3, 0.4) is 0 Å². The monoisotopic (exact) mass is 242 g/mol. The number of halogens is 1. The Morgan fingerprint density at radius 1 is 1.38 bits per heavy atom. The first-order chi connectivity index (χ1) is 6.19. The molecule has 0 spiro atoms. The molecule has 0 aliphatic heterocycles. The zero-order valence-electron chi connectivity index (χ0n) is 8.36. The summed E-state index contributed by atoms with van der Waals surface area (Å²) in [6.07, 6.45) is 1.05. The molecule has 13 heavy (non-hydrogen) atoms. The van der Waals surface area contributed by atoms with Crippen LogP contribution in [-0.2, 0) is 17.8 Å². The van der Waals surface area contributed by atoms with Crippen LogP contribution < -0.4 is 0 Å². The zero-order chi connectivity index (χ0) is 9.84. The van der Waals surface area contributed by atoms with Gasteiger partial charge in [-0.1, -0.05) is 22.9 Å². The fraction of sp³-hybridized carbons (Fsp3) is 0.455. The lowest BCUT2D eigenvalue weighted by atomic mass is 10.0. The highest BCUT2D eigenvalue weighted by Gasteiger charge is 2.05. The van der Waals surface area contributed by atoms with Crippen molar-refractivity contribution in [1.82, 2.24) is 0 Å². The van der Waals surface area contributed by atoms with Crippen LogP contribution in [0.15, 0.2) is 16.6 Å². The fourth-order valence-electron chi connectivity index (χ4n) is 1.51. The number of aryl methyl sites for hydroxylation is 2. The molecule has 0 amide bonds. The van der Waals surface area contributed by atoms with E-state index in [9.17, 15) is 0 Å². The van der Waals surface area contributed by atoms with Crippen molar-refractivity contribution < 1.29 is 4.74 Å². The molecule has 0 bridgehead atoms. The van der Waals surface area contributed by atoms with Gasteiger partial charge in [-0.25, -0.2) is 0 Å². The van der Waals surface area contributed by atoms with Gasteiger partial charge in [-0.05, 0) is 42.2 Å². The molecule has 1 rings (SSSR count). The molecule has 0 unspecified atom stereocenters. The van der Waals surface area contributed by atoms with Gasteiger partial charge >= 0.3 is 0 Å². The van der Waals surface area contributed by atoms with Crippen LogP contribution in [0.25, 0.3) is 0 Å². The molecule has 0 heterocycles. The van der Waals surface area contributed by atoms with E-state index in [0.717, 1.165) is 10.9 Å². The maximum Gasteiger partial charge on any atom is 0.0718 e. The number of methoxy groups -OCH3 is 1. The lowest BCUT2D eigenvalue weighted by Gasteiger charge is -2.11. The summed E-state index contributed by atoms with van der Waals surface area (Å²) in [4.78, 5) is 0. The molecule has 0 aliphatic carbocycles. The van der Waals surface area contributed by atoms with E-state index in [2.05, 4.69) is 41.9 Å². The van der Waals surface area contributed by atoms with E-state index >= 15 is 0 Å². The van der Waals surface area contributed by atoms with Crippen molar-refractivity contribution in [2.24, 2.45) is 0 Å². The highest BCUT2D eigenvalue weighted by molar-refractivity contribution is 9.10. The average molecular weight is 243 g/mol. The maximum absolute atomic E-state index is 5.18. The van der Waals surface area contributed by atoms with Gasteiger partial charge in [0.25, 0.3) is 0 Å². The summed E-state index contributed by atoms with van der Waals surface area (Å²) >= 11 is 3.50. The zero-order valence-corrected chi connectivity index (χ0v) is 9.94. The Bertz CT molecular complexity index is 294. The predicted molar refractivity (Wildman–Crippen MR) is 59.0 cm³/mol. The van der Waals surface area contributed by atoms with Gasteiger partial charge in [0.05, 0.1) is 6.61 Å². The summed E-state index contributed by atoms with van der Waals surface area (Å²) in [6, 6.07) is 4.30. The molecular weight excluding hydrogens is 228 g/mol. The van der Waals surface area contributed by atoms with Crippen molar-refractivity contribution in [3.8, 4) is 0 Å². The standard InChI is InChI=1S/C11H15BrO/c1-4-9-6-10(12)5-8(2)11(9)7-13-3/h5-6H,4,7H2,1-3H3. The first-order valence-electron chi connectivity index (χ1n) is 4.45. The normalized spacial score (nSPS) is 10.5. The number of ether oxygens (including phenoxy) is 1. The minimum atomic E-state index is 0.711. The molecule has 0 N–H and O–H groups in total. The van der Waals surface area contributed by atoms with Crippen LogP contribution in [-0.4, -0.2) is 7.11 Å². The first kappa shape index (κ1) is 10.7. The Hall–Kier alpha value is -0.340. The Morgan fingerprint density at radius 3 is 2.62 bits per heavy atom. The summed E-state index contributed by atoms with van der Waals surface area (Å²) in [7, 11) is 1.74. The summed E-state index contributed by atoms with van der Waals surface area (Å²) in [5.74, 6) is 0. The minimum absolute atomic E-state index is 0.711. The quantitative estimate of drug-likeness (QED) is 0.789. The van der Waals surface area contributed by atoms with E-state index < -0.39 is 0 Å². The second-order valence-electron chi connectivity index (χ2n) is 3.15. The van der Waals surface area contributed by atoms with Crippen molar-refractivity contribution in [1.29, 1.82) is 0 Å². The molecule has 72 valence electrons. The molecule has 0 radical (unpaired) electrons. The number of rotatable bonds is 3. The highest BCUT2D eigenvalue weighted by atomic mass is 79.9. The third kappa shape index (κ3) is 2.55. The molecule has 1 nitrogen and oxygen atoms in total. The van der Waals surface area contributed by atoms with Crippen LogP contribution in [0, 0.1) is 6.92 Å². The molecule has 0 aliphatic rings. The summed E-state index contributed by atoms with van der Waals surface area (Å²) < 4.78 is 6.33. The van der Waals surface area contributed by atoms with E-state index in [1.165, 1.54) is 16.7 Å². The van der Waals surface area contributed by atoms with Gasteiger partial charge in [0.15, 0.2) is 0 Å². The molecular formula is C11H15BrO. The first-order valence-corrected chi connectivity index (χ1v) is 5.25. The number of hydrogen-bond donors (Lipinski definition) is 0. The lowest BCUT2D eigenvalue weighted by Crippen LogP contribution is -1.98. The van der Waals surface area contributed by atoms with E-state index in [1.54, 1.807) is 7.11 Å². The van der Waals surface area contributed by atoms with Gasteiger partial charge < -0.3 is 4.74 Å². The Kier molecular flexibility index (Phi) is 3.94. The molecule has 2 heteroatoms. The van der Waals surface area contributed by atoms with Crippen LogP contribution in [0.4, 0.5) is 0 Å². The van der Waals surface area contributed by atoms with Gasteiger partial charge in [0.2, 0.25) is 0 Å². The van der Waals surface area contributed by atoms with Gasteiger partial charge in [0, 0.05) is 11.6 Å². The van der Waals surface area contributed by atoms with E-state index in [4.69, 9.17) is 4.74 Å². The maximum atomic E-state index is 5.18. The molecule has 0 saturated carbocycles. The van der Waals surface area contributed by atoms with Crippen LogP contribution in [0.2, 0.25) is 0 Å². The van der Waals surface area contributed by atoms with E-state index in [1.807, 2.05) is 0 Å². The van der Waals surface area contributed by atoms with Crippen LogP contribution in [0.5, 0.6) is 0 Å². The molecule has 0 aromatic heterocycles. The fourth-order valence-corrected chi connectivity index (χ4v) is 2.13. The smallest absolute Gasteiger partial charge is 0.0718 e. The van der Waals surface area contributed by atoms with Crippen molar-refractivity contribution in [3.63, 3.8) is 0 Å². The van der Waals surface area contributed by atoms with Gasteiger partial charge in [0.1, 0.15) is 0 Å². The second-order valence-corrected chi connectivity index (χ2v) is 4.06. The Labute approximate surface area is 88.2 Å². The molecule has 1 aromatic rings. The van der Waals surface area contributed by atoms with E-state index in [-0.39, 0.29) is 0 Å². The minimum Gasteiger partial charge on any atom is -0.380 e. The second kappa shape index (κ2) is 4.77. The SMILES string of the molecule is CCc1cc(Br)cc(C)c1COC. The highest BCUT2D eigenvalue weighted by Crippen LogP contribution is 2.22. The summed E-state index contributed by atoms with van der Waals surface area (Å²) in [5.41, 5.74) is 4.00. The lowest BCUT2D eigenvalue weighted by molar-refractivity contribution is 0.183. The van der Waals surface area contributed by atoms with Crippen molar-refractivity contribution in [3.05, 3.63) is 33.3 Å². The van der Waals surface area contributed by atoms with Gasteiger partial charge in [-0.15, -0.1) is 0 Å². The summed E-state index contributed by atoms with van der Waals surface area (Å²) in [6.45, 7) is 5.00. The molecule has 0 atom stereocenters. The third-order valence-electron chi connectivity index (χ3n) is 2.20. The number of benzene rings is 1. The van der Waals surface area contributed by atoms with Gasteiger partial charge in [-0.2, -0.15) is 0 Å². The third-order valence-corrected chi connectivity index (χ3v) is 2.66. The van der Waals surface area contributed by atoms with Crippen molar-refractivity contribution in [2.75, 3.05) is 7.11 Å². The van der Waals surface area contributed by atoms with Crippen molar-refractivity contribution >= 4 is 15.9 Å². The summed E-state index contributed by atoms with van der Waals surface area (Å²) in [5, 5.41) is 0. The number of hydrogen-bond acceptors (Lipinski definition) is 1. The molecule has 0 saturated heterocycles. The predicted octanol–water partition coefficient (Wildman–Crippen LogP) is 3.47. The topological polar surface area (TPSA) is 9.23 Å². The largest absolute Gasteiger partial charge is 0.380 e. The van der Waals surface area contributed by atoms with E-state index in [0.29, 0.717) is 6.61 Å². The Morgan fingerprint density at radius 2 is 2.08 bits per heavy atom. The van der Waals surface area contributed by atoms with Crippen LogP contribution in [0.1, 0.15) is 23.6 Å². The average Bonchev–Trinajstić information content (AvgIpc) is 2.09. The Balaban J connectivity index is 3.13. The van der Waals surface area contributed by atoms with Gasteiger partial charge in [-0.3, -0.25) is 0 Å². The van der Waals surface area contributed by atoms with Crippen LogP contribution >= 0.6 is 15.9 Å².